The molecule has 1 saturated carbocycles. The summed E-state index contributed by atoms with van der Waals surface area (Å²) in [6, 6.07) is 0.286. The van der Waals surface area contributed by atoms with Crippen LogP contribution in [0.15, 0.2) is 6.20 Å². The zero-order valence-corrected chi connectivity index (χ0v) is 12.0. The highest BCUT2D eigenvalue weighted by Crippen LogP contribution is 2.27. The first-order valence-electron chi connectivity index (χ1n) is 6.64. The van der Waals surface area contributed by atoms with Gasteiger partial charge in [-0.15, -0.1) is 5.10 Å². The van der Waals surface area contributed by atoms with Crippen LogP contribution in [0, 0.1) is 0 Å². The summed E-state index contributed by atoms with van der Waals surface area (Å²) in [6.45, 7) is 0.559. The highest BCUT2D eigenvalue weighted by Gasteiger charge is 2.25. The maximum Gasteiger partial charge on any atom is 0.242 e. The van der Waals surface area contributed by atoms with Gasteiger partial charge in [0.15, 0.2) is 0 Å². The topological polar surface area (TPSA) is 85.8 Å². The molecule has 6 nitrogen and oxygen atoms in total. The Morgan fingerprint density at radius 2 is 2.37 bits per heavy atom. The van der Waals surface area contributed by atoms with Crippen molar-refractivity contribution >= 4 is 17.7 Å². The molecule has 7 heteroatoms. The second kappa shape index (κ2) is 6.91. The van der Waals surface area contributed by atoms with Crippen LogP contribution in [0.1, 0.15) is 31.4 Å². The molecule has 19 heavy (non-hydrogen) atoms. The molecule has 1 aliphatic carbocycles. The fourth-order valence-corrected chi connectivity index (χ4v) is 3.39. The summed E-state index contributed by atoms with van der Waals surface area (Å²) in [7, 11) is 0. The van der Waals surface area contributed by atoms with E-state index in [9.17, 15) is 4.79 Å². The van der Waals surface area contributed by atoms with Gasteiger partial charge in [-0.1, -0.05) is 18.1 Å². The molecule has 0 aliphatic heterocycles. The van der Waals surface area contributed by atoms with Crippen molar-refractivity contribution in [3.05, 3.63) is 11.9 Å². The molecule has 1 fully saturated rings. The van der Waals surface area contributed by atoms with E-state index in [2.05, 4.69) is 21.9 Å². The monoisotopic (exact) mass is 283 g/mol. The maximum atomic E-state index is 12.0. The van der Waals surface area contributed by atoms with Crippen LogP contribution in [0.4, 0.5) is 0 Å². The van der Waals surface area contributed by atoms with Gasteiger partial charge < -0.3 is 11.1 Å². The Labute approximate surface area is 117 Å². The number of nitrogens with zero attached hydrogens (tertiary/aromatic N) is 3. The Hall–Kier alpha value is -1.08. The van der Waals surface area contributed by atoms with Gasteiger partial charge in [0.2, 0.25) is 5.91 Å². The molecular formula is C12H21N5OS. The first kappa shape index (κ1) is 14.3. The van der Waals surface area contributed by atoms with Crippen molar-refractivity contribution in [1.29, 1.82) is 0 Å². The third kappa shape index (κ3) is 3.94. The van der Waals surface area contributed by atoms with Crippen LogP contribution in [0.5, 0.6) is 0 Å². The standard InChI is InChI=1S/C12H21N5OS/c1-19-11-5-3-2-4-10(11)14-12(18)8-17-7-9(6-13)15-16-17/h7,10-11H,2-6,8,13H2,1H3,(H,14,18). The summed E-state index contributed by atoms with van der Waals surface area (Å²) in [4.78, 5) is 12.0. The number of rotatable bonds is 5. The summed E-state index contributed by atoms with van der Waals surface area (Å²) in [5.41, 5.74) is 6.16. The molecule has 2 rings (SSSR count). The van der Waals surface area contributed by atoms with E-state index >= 15 is 0 Å². The molecule has 2 unspecified atom stereocenters. The molecule has 0 radical (unpaired) electrons. The molecule has 106 valence electrons. The maximum absolute atomic E-state index is 12.0. The van der Waals surface area contributed by atoms with E-state index in [0.717, 1.165) is 6.42 Å². The van der Waals surface area contributed by atoms with Gasteiger partial charge in [-0.05, 0) is 19.1 Å². The van der Waals surface area contributed by atoms with Crippen LogP contribution in [0.2, 0.25) is 0 Å². The molecule has 0 spiro atoms. The van der Waals surface area contributed by atoms with E-state index in [0.29, 0.717) is 17.5 Å². The predicted octanol–water partition coefficient (Wildman–Crippen LogP) is 0.527. The number of hydrogen-bond acceptors (Lipinski definition) is 5. The smallest absolute Gasteiger partial charge is 0.242 e. The molecule has 1 heterocycles. The molecular weight excluding hydrogens is 262 g/mol. The minimum Gasteiger partial charge on any atom is -0.351 e. The number of nitrogens with one attached hydrogen (secondary N) is 1. The van der Waals surface area contributed by atoms with Gasteiger partial charge in [0.1, 0.15) is 6.54 Å². The number of carbonyl (C=O) groups excluding carboxylic acids is 1. The quantitative estimate of drug-likeness (QED) is 0.823. The van der Waals surface area contributed by atoms with Gasteiger partial charge in [0, 0.05) is 17.8 Å². The van der Waals surface area contributed by atoms with Crippen LogP contribution in [0.3, 0.4) is 0 Å². The first-order chi connectivity index (χ1) is 9.22. The van der Waals surface area contributed by atoms with Gasteiger partial charge >= 0.3 is 0 Å². The molecule has 0 bridgehead atoms. The van der Waals surface area contributed by atoms with Crippen molar-refractivity contribution in [2.45, 2.75) is 50.1 Å². The van der Waals surface area contributed by atoms with E-state index in [4.69, 9.17) is 5.73 Å². The minimum atomic E-state index is -0.000536. The van der Waals surface area contributed by atoms with Crippen molar-refractivity contribution in [3.63, 3.8) is 0 Å². The zero-order chi connectivity index (χ0) is 13.7. The number of hydrogen-bond donors (Lipinski definition) is 2. The molecule has 0 aromatic carbocycles. The molecule has 1 aromatic heterocycles. The molecule has 2 atom stereocenters. The van der Waals surface area contributed by atoms with E-state index < -0.39 is 0 Å². The normalized spacial score (nSPS) is 23.3. The molecule has 3 N–H and O–H groups in total. The van der Waals surface area contributed by atoms with Gasteiger partial charge in [0.25, 0.3) is 0 Å². The third-order valence-corrected chi connectivity index (χ3v) is 4.62. The van der Waals surface area contributed by atoms with Gasteiger partial charge in [0.05, 0.1) is 11.9 Å². The molecule has 0 saturated heterocycles. The van der Waals surface area contributed by atoms with Gasteiger partial charge in [-0.25, -0.2) is 4.68 Å². The average molecular weight is 283 g/mol. The molecule has 1 aliphatic rings. The van der Waals surface area contributed by atoms with E-state index in [1.807, 2.05) is 11.8 Å². The number of aromatic nitrogens is 3. The van der Waals surface area contributed by atoms with Crippen LogP contribution >= 0.6 is 11.8 Å². The Balaban J connectivity index is 1.86. The fraction of sp³-hybridized carbons (Fsp3) is 0.750. The average Bonchev–Trinajstić information content (AvgIpc) is 2.87. The largest absolute Gasteiger partial charge is 0.351 e. The summed E-state index contributed by atoms with van der Waals surface area (Å²) in [5.74, 6) is -0.000536. The van der Waals surface area contributed by atoms with Gasteiger partial charge in [-0.2, -0.15) is 11.8 Å². The lowest BCUT2D eigenvalue weighted by molar-refractivity contribution is -0.122. The summed E-state index contributed by atoms with van der Waals surface area (Å²) < 4.78 is 1.54. The summed E-state index contributed by atoms with van der Waals surface area (Å²) >= 11 is 1.84. The van der Waals surface area contributed by atoms with E-state index in [1.54, 1.807) is 6.20 Å². The van der Waals surface area contributed by atoms with Crippen LogP contribution in [-0.4, -0.2) is 38.4 Å². The zero-order valence-electron chi connectivity index (χ0n) is 11.2. The lowest BCUT2D eigenvalue weighted by atomic mass is 9.95. The minimum absolute atomic E-state index is 0.000536. The van der Waals surface area contributed by atoms with Crippen LogP contribution in [0.25, 0.3) is 0 Å². The van der Waals surface area contributed by atoms with E-state index in [1.165, 1.54) is 23.9 Å². The Kier molecular flexibility index (Phi) is 5.21. The lowest BCUT2D eigenvalue weighted by Crippen LogP contribution is -2.44. The van der Waals surface area contributed by atoms with Crippen LogP contribution in [-0.2, 0) is 17.9 Å². The third-order valence-electron chi connectivity index (χ3n) is 3.45. The number of carbonyl (C=O) groups is 1. The van der Waals surface area contributed by atoms with E-state index in [-0.39, 0.29) is 18.5 Å². The highest BCUT2D eigenvalue weighted by atomic mass is 32.2. The van der Waals surface area contributed by atoms with Crippen molar-refractivity contribution in [2.24, 2.45) is 5.73 Å². The number of thioether (sulfide) groups is 1. The SMILES string of the molecule is CSC1CCCCC1NC(=O)Cn1cc(CN)nn1. The Morgan fingerprint density at radius 3 is 3.05 bits per heavy atom. The van der Waals surface area contributed by atoms with Crippen molar-refractivity contribution in [1.82, 2.24) is 20.3 Å². The van der Waals surface area contributed by atoms with Crippen molar-refractivity contribution < 1.29 is 4.79 Å². The summed E-state index contributed by atoms with van der Waals surface area (Å²) in [6.07, 6.45) is 8.55. The van der Waals surface area contributed by atoms with Crippen molar-refractivity contribution in [2.75, 3.05) is 6.26 Å². The highest BCUT2D eigenvalue weighted by molar-refractivity contribution is 7.99. The lowest BCUT2D eigenvalue weighted by Gasteiger charge is -2.30. The Morgan fingerprint density at radius 1 is 1.58 bits per heavy atom. The molecule has 1 aromatic rings. The number of amides is 1. The summed E-state index contributed by atoms with van der Waals surface area (Å²) in [5, 5.41) is 11.4. The van der Waals surface area contributed by atoms with Gasteiger partial charge in [-0.3, -0.25) is 4.79 Å². The van der Waals surface area contributed by atoms with Crippen molar-refractivity contribution in [3.8, 4) is 0 Å². The number of nitrogens with two attached hydrogens (primary N) is 1. The molecule has 1 amide bonds. The predicted molar refractivity (Wildman–Crippen MR) is 75.6 cm³/mol. The Bertz CT molecular complexity index is 422. The second-order valence-corrected chi connectivity index (χ2v) is 5.92. The second-order valence-electron chi connectivity index (χ2n) is 4.84. The first-order valence-corrected chi connectivity index (χ1v) is 7.93. The van der Waals surface area contributed by atoms with Crippen LogP contribution < -0.4 is 11.1 Å². The fourth-order valence-electron chi connectivity index (χ4n) is 2.45.